The standard InChI is InChI=1S/C22H30O4S/c1-3-5-7-9-17-11-13-21(19(23)15-17)27(25,26)22-14-12-18(16-20(22)24)10-8-6-4-2/h11-14H,3-10,15-16H2,1-2H3. The van der Waals surface area contributed by atoms with Crippen molar-refractivity contribution in [2.45, 2.75) is 78.1 Å². The van der Waals surface area contributed by atoms with Crippen LogP contribution >= 0.6 is 0 Å². The molecule has 27 heavy (non-hydrogen) atoms. The molecule has 0 aliphatic heterocycles. The quantitative estimate of drug-likeness (QED) is 0.485. The number of hydrogen-bond donors (Lipinski definition) is 0. The smallest absolute Gasteiger partial charge is 0.213 e. The molecule has 0 radical (unpaired) electrons. The van der Waals surface area contributed by atoms with Gasteiger partial charge in [-0.15, -0.1) is 0 Å². The molecule has 148 valence electrons. The molecule has 2 rings (SSSR count). The van der Waals surface area contributed by atoms with E-state index in [1.807, 2.05) is 0 Å². The minimum absolute atomic E-state index is 0.133. The zero-order valence-corrected chi connectivity index (χ0v) is 17.2. The van der Waals surface area contributed by atoms with Crippen molar-refractivity contribution in [2.24, 2.45) is 0 Å². The lowest BCUT2D eigenvalue weighted by molar-refractivity contribution is -0.114. The van der Waals surface area contributed by atoms with E-state index < -0.39 is 21.4 Å². The zero-order chi connectivity index (χ0) is 19.9. The van der Waals surface area contributed by atoms with E-state index in [0.717, 1.165) is 62.5 Å². The van der Waals surface area contributed by atoms with Crippen LogP contribution in [0.1, 0.15) is 78.1 Å². The van der Waals surface area contributed by atoms with Crippen molar-refractivity contribution in [1.29, 1.82) is 0 Å². The van der Waals surface area contributed by atoms with Gasteiger partial charge in [-0.1, -0.05) is 62.8 Å². The Labute approximate surface area is 163 Å². The van der Waals surface area contributed by atoms with Crippen LogP contribution in [-0.2, 0) is 19.4 Å². The van der Waals surface area contributed by atoms with E-state index in [4.69, 9.17) is 0 Å². The monoisotopic (exact) mass is 390 g/mol. The summed E-state index contributed by atoms with van der Waals surface area (Å²) >= 11 is 0. The maximum absolute atomic E-state index is 12.9. The highest BCUT2D eigenvalue weighted by Gasteiger charge is 2.34. The molecule has 5 heteroatoms. The first-order valence-corrected chi connectivity index (χ1v) is 11.5. The van der Waals surface area contributed by atoms with Crippen molar-refractivity contribution in [3.05, 3.63) is 45.3 Å². The van der Waals surface area contributed by atoms with Crippen LogP contribution in [0.2, 0.25) is 0 Å². The van der Waals surface area contributed by atoms with Crippen molar-refractivity contribution >= 4 is 21.4 Å². The third kappa shape index (κ3) is 5.61. The van der Waals surface area contributed by atoms with Gasteiger partial charge in [-0.2, -0.15) is 0 Å². The van der Waals surface area contributed by atoms with Gasteiger partial charge >= 0.3 is 0 Å². The van der Waals surface area contributed by atoms with Gasteiger partial charge in [-0.05, 0) is 37.8 Å². The molecule has 0 N–H and O–H groups in total. The highest BCUT2D eigenvalue weighted by molar-refractivity contribution is 8.00. The Bertz CT molecular complexity index is 745. The Hall–Kier alpha value is -1.75. The van der Waals surface area contributed by atoms with Crippen molar-refractivity contribution in [1.82, 2.24) is 0 Å². The van der Waals surface area contributed by atoms with Crippen LogP contribution < -0.4 is 0 Å². The van der Waals surface area contributed by atoms with Crippen LogP contribution in [0.3, 0.4) is 0 Å². The van der Waals surface area contributed by atoms with E-state index in [1.54, 1.807) is 12.2 Å². The number of hydrogen-bond acceptors (Lipinski definition) is 4. The molecule has 0 aromatic rings. The molecule has 0 atom stereocenters. The fourth-order valence-corrected chi connectivity index (χ4v) is 4.90. The van der Waals surface area contributed by atoms with Gasteiger partial charge in [-0.25, -0.2) is 8.42 Å². The molecular weight excluding hydrogens is 360 g/mol. The molecule has 0 heterocycles. The number of Topliss-reactive ketones (excluding diaryl/α,β-unsaturated/α-hetero) is 2. The molecule has 4 nitrogen and oxygen atoms in total. The van der Waals surface area contributed by atoms with Crippen LogP contribution in [0.25, 0.3) is 0 Å². The van der Waals surface area contributed by atoms with Crippen LogP contribution in [0.15, 0.2) is 45.3 Å². The Morgan fingerprint density at radius 1 is 0.704 bits per heavy atom. The van der Waals surface area contributed by atoms with Crippen LogP contribution in [0, 0.1) is 0 Å². The number of unbranched alkanes of at least 4 members (excludes halogenated alkanes) is 4. The van der Waals surface area contributed by atoms with Gasteiger partial charge in [0, 0.05) is 12.8 Å². The molecule has 0 aromatic heterocycles. The zero-order valence-electron chi connectivity index (χ0n) is 16.4. The topological polar surface area (TPSA) is 68.3 Å². The average molecular weight is 391 g/mol. The highest BCUT2D eigenvalue weighted by atomic mass is 32.2. The molecule has 0 saturated carbocycles. The Morgan fingerprint density at radius 3 is 1.44 bits per heavy atom. The van der Waals surface area contributed by atoms with Crippen molar-refractivity contribution in [2.75, 3.05) is 0 Å². The van der Waals surface area contributed by atoms with Crippen molar-refractivity contribution in [3.63, 3.8) is 0 Å². The minimum Gasteiger partial charge on any atom is -0.293 e. The third-order valence-electron chi connectivity index (χ3n) is 5.05. The maximum atomic E-state index is 12.9. The Balaban J connectivity index is 2.17. The Morgan fingerprint density at radius 2 is 1.11 bits per heavy atom. The summed E-state index contributed by atoms with van der Waals surface area (Å²) in [4.78, 5) is 24.4. The van der Waals surface area contributed by atoms with Gasteiger partial charge < -0.3 is 0 Å². The second kappa shape index (κ2) is 9.98. The highest BCUT2D eigenvalue weighted by Crippen LogP contribution is 2.31. The normalized spacial score (nSPS) is 18.0. The largest absolute Gasteiger partial charge is 0.293 e. The lowest BCUT2D eigenvalue weighted by Gasteiger charge is -2.18. The first-order chi connectivity index (χ1) is 12.9. The summed E-state index contributed by atoms with van der Waals surface area (Å²) in [5.74, 6) is -0.814. The average Bonchev–Trinajstić information content (AvgIpc) is 2.62. The fourth-order valence-electron chi connectivity index (χ4n) is 3.42. The number of rotatable bonds is 10. The van der Waals surface area contributed by atoms with Gasteiger partial charge in [0.2, 0.25) is 9.84 Å². The van der Waals surface area contributed by atoms with Crippen LogP contribution in [-0.4, -0.2) is 20.0 Å². The molecule has 0 amide bonds. The summed E-state index contributed by atoms with van der Waals surface area (Å²) in [6.45, 7) is 4.23. The number of ketones is 2. The summed E-state index contributed by atoms with van der Waals surface area (Å²) in [6.07, 6.45) is 14.5. The second-order valence-electron chi connectivity index (χ2n) is 7.33. The van der Waals surface area contributed by atoms with Crippen molar-refractivity contribution in [3.8, 4) is 0 Å². The third-order valence-corrected chi connectivity index (χ3v) is 6.93. The summed E-state index contributed by atoms with van der Waals surface area (Å²) in [5, 5.41) is 0. The molecule has 0 fully saturated rings. The van der Waals surface area contributed by atoms with Gasteiger partial charge in [0.05, 0.1) is 0 Å². The minimum atomic E-state index is -4.05. The van der Waals surface area contributed by atoms with E-state index in [0.29, 0.717) is 0 Å². The number of allylic oxidation sites excluding steroid dienone is 8. The number of sulfone groups is 1. The SMILES string of the molecule is CCCCCC1=CC=C(S(=O)(=O)C2=CC=C(CCCCC)CC2=O)C(=O)C1. The summed E-state index contributed by atoms with van der Waals surface area (Å²) in [6, 6.07) is 0. The predicted molar refractivity (Wildman–Crippen MR) is 109 cm³/mol. The molecule has 0 aromatic carbocycles. The van der Waals surface area contributed by atoms with Crippen LogP contribution in [0.5, 0.6) is 0 Å². The van der Waals surface area contributed by atoms with Gasteiger partial charge in [0.1, 0.15) is 9.81 Å². The number of carbonyl (C=O) groups excluding carboxylic acids is 2. The molecule has 0 unspecified atom stereocenters. The van der Waals surface area contributed by atoms with Gasteiger partial charge in [0.15, 0.2) is 11.6 Å². The molecule has 0 saturated heterocycles. The lowest BCUT2D eigenvalue weighted by Crippen LogP contribution is -2.23. The second-order valence-corrected chi connectivity index (χ2v) is 9.22. The first-order valence-electron chi connectivity index (χ1n) is 10.0. The molecule has 0 bridgehead atoms. The molecule has 2 aliphatic rings. The molecular formula is C22H30O4S. The van der Waals surface area contributed by atoms with Crippen molar-refractivity contribution < 1.29 is 18.0 Å². The Kier molecular flexibility index (Phi) is 7.96. The predicted octanol–water partition coefficient (Wildman–Crippen LogP) is 5.13. The first kappa shape index (κ1) is 21.5. The molecule has 0 spiro atoms. The van der Waals surface area contributed by atoms with E-state index in [9.17, 15) is 18.0 Å². The maximum Gasteiger partial charge on any atom is 0.213 e. The summed E-state index contributed by atoms with van der Waals surface area (Å²) < 4.78 is 25.7. The van der Waals surface area contributed by atoms with E-state index in [-0.39, 0.29) is 22.7 Å². The summed E-state index contributed by atoms with van der Waals surface area (Å²) in [5.41, 5.74) is 1.93. The number of carbonyl (C=O) groups is 2. The van der Waals surface area contributed by atoms with Gasteiger partial charge in [0.25, 0.3) is 0 Å². The fraction of sp³-hybridized carbons (Fsp3) is 0.545. The van der Waals surface area contributed by atoms with E-state index in [2.05, 4.69) is 13.8 Å². The lowest BCUT2D eigenvalue weighted by atomic mass is 9.98. The van der Waals surface area contributed by atoms with Gasteiger partial charge in [-0.3, -0.25) is 9.59 Å². The van der Waals surface area contributed by atoms with E-state index >= 15 is 0 Å². The summed E-state index contributed by atoms with van der Waals surface area (Å²) in [7, 11) is -4.05. The van der Waals surface area contributed by atoms with E-state index in [1.165, 1.54) is 12.2 Å². The van der Waals surface area contributed by atoms with Crippen LogP contribution in [0.4, 0.5) is 0 Å². The molecule has 2 aliphatic carbocycles.